The average Bonchev–Trinajstić information content (AvgIpc) is 3.93. The van der Waals surface area contributed by atoms with Crippen LogP contribution in [0, 0.1) is 29.6 Å². The van der Waals surface area contributed by atoms with Gasteiger partial charge in [0.2, 0.25) is 0 Å². The molecule has 0 amide bonds. The first kappa shape index (κ1) is 30.6. The Morgan fingerprint density at radius 2 is 1.27 bits per heavy atom. The zero-order valence-electron chi connectivity index (χ0n) is 30.7. The fourth-order valence-electron chi connectivity index (χ4n) is 13.6. The third kappa shape index (κ3) is 4.34. The van der Waals surface area contributed by atoms with E-state index in [1.807, 2.05) is 11.3 Å². The molecular formula is C50H49NS. The Balaban J connectivity index is 0.965. The number of nitrogens with zero attached hydrogens (tertiary/aromatic N) is 1. The number of benzene rings is 5. The molecule has 6 aromatic rings. The minimum absolute atomic E-state index is 0.107. The third-order valence-electron chi connectivity index (χ3n) is 15.5. The number of anilines is 3. The molecule has 7 aliphatic rings. The molecule has 2 heteroatoms. The van der Waals surface area contributed by atoms with Crippen LogP contribution in [0.5, 0.6) is 0 Å². The number of fused-ring (bicyclic) bond motifs is 9. The first-order valence-electron chi connectivity index (χ1n) is 20.5. The van der Waals surface area contributed by atoms with E-state index in [9.17, 15) is 0 Å². The van der Waals surface area contributed by atoms with Crippen molar-refractivity contribution in [3.8, 4) is 11.1 Å². The highest BCUT2D eigenvalue weighted by Gasteiger charge is 2.51. The van der Waals surface area contributed by atoms with Crippen molar-refractivity contribution in [1.82, 2.24) is 0 Å². The normalized spacial score (nSPS) is 30.3. The predicted octanol–water partition coefficient (Wildman–Crippen LogP) is 14.2. The van der Waals surface area contributed by atoms with Crippen molar-refractivity contribution in [2.75, 3.05) is 4.90 Å². The molecule has 13 rings (SSSR count). The predicted molar refractivity (Wildman–Crippen MR) is 220 cm³/mol. The number of rotatable bonds is 5. The van der Waals surface area contributed by atoms with Crippen LogP contribution in [0.2, 0.25) is 0 Å². The summed E-state index contributed by atoms with van der Waals surface area (Å²) in [4.78, 5) is 2.56. The van der Waals surface area contributed by atoms with Gasteiger partial charge in [-0.25, -0.2) is 0 Å². The summed E-state index contributed by atoms with van der Waals surface area (Å²) in [5.41, 5.74) is 13.0. The van der Waals surface area contributed by atoms with Gasteiger partial charge in [-0.15, -0.1) is 11.3 Å². The van der Waals surface area contributed by atoms with Gasteiger partial charge in [-0.3, -0.25) is 0 Å². The van der Waals surface area contributed by atoms with Gasteiger partial charge < -0.3 is 4.90 Å². The van der Waals surface area contributed by atoms with Crippen LogP contribution >= 0.6 is 11.3 Å². The van der Waals surface area contributed by atoms with E-state index in [0.29, 0.717) is 5.41 Å². The molecule has 6 saturated carbocycles. The standard InChI is InChI=1S/C50H49NS/c1-49(2)44-26-39(17-18-40(44)41-19-20-46-47(48(41)49)42-5-3-4-6-45(42)52-46)51(37-13-9-34(10-14-37)43-25-30-7-8-35(43)24-30)38-15-11-36(12-16-38)50-27-31-21-32(28-50)23-33(22-31)29-50/h3-6,9-20,26,30-33,35,43H,7-8,21-25,27-29H2,1-2H3. The monoisotopic (exact) mass is 695 g/mol. The van der Waals surface area contributed by atoms with E-state index in [0.717, 1.165) is 35.5 Å². The molecule has 0 radical (unpaired) electrons. The molecule has 7 aliphatic carbocycles. The summed E-state index contributed by atoms with van der Waals surface area (Å²) in [7, 11) is 0. The summed E-state index contributed by atoms with van der Waals surface area (Å²) >= 11 is 1.93. The second-order valence-electron chi connectivity index (χ2n) is 18.8. The van der Waals surface area contributed by atoms with E-state index in [4.69, 9.17) is 0 Å². The summed E-state index contributed by atoms with van der Waals surface area (Å²) in [5, 5.41) is 2.85. The third-order valence-corrected chi connectivity index (χ3v) is 16.6. The molecule has 3 atom stereocenters. The molecule has 5 aromatic carbocycles. The first-order chi connectivity index (χ1) is 25.4. The van der Waals surface area contributed by atoms with Crippen molar-refractivity contribution < 1.29 is 0 Å². The van der Waals surface area contributed by atoms with Crippen LogP contribution in [-0.4, -0.2) is 0 Å². The van der Waals surface area contributed by atoms with Gasteiger partial charge in [-0.2, -0.15) is 0 Å². The smallest absolute Gasteiger partial charge is 0.0465 e. The van der Waals surface area contributed by atoms with Crippen LogP contribution in [0.4, 0.5) is 17.1 Å². The van der Waals surface area contributed by atoms with E-state index in [1.54, 1.807) is 11.1 Å². The number of thiophene rings is 1. The summed E-state index contributed by atoms with van der Waals surface area (Å²) < 4.78 is 2.78. The molecule has 1 heterocycles. The number of hydrogen-bond donors (Lipinski definition) is 0. The molecule has 1 aromatic heterocycles. The minimum atomic E-state index is -0.107. The highest BCUT2D eigenvalue weighted by atomic mass is 32.1. The largest absolute Gasteiger partial charge is 0.310 e. The fourth-order valence-corrected chi connectivity index (χ4v) is 14.8. The molecule has 0 aliphatic heterocycles. The van der Waals surface area contributed by atoms with E-state index in [2.05, 4.69) is 122 Å². The van der Waals surface area contributed by atoms with E-state index in [-0.39, 0.29) is 5.41 Å². The topological polar surface area (TPSA) is 3.24 Å². The summed E-state index contributed by atoms with van der Waals surface area (Å²) in [6.45, 7) is 4.92. The second-order valence-corrected chi connectivity index (χ2v) is 19.9. The molecule has 6 bridgehead atoms. The molecule has 260 valence electrons. The van der Waals surface area contributed by atoms with Crippen molar-refractivity contribution >= 4 is 48.6 Å². The van der Waals surface area contributed by atoms with Crippen molar-refractivity contribution in [1.29, 1.82) is 0 Å². The molecule has 6 fully saturated rings. The Kier molecular flexibility index (Phi) is 6.38. The van der Waals surface area contributed by atoms with Crippen molar-refractivity contribution in [3.63, 3.8) is 0 Å². The summed E-state index contributed by atoms with van der Waals surface area (Å²) in [5.74, 6) is 5.50. The SMILES string of the molecule is CC1(C)c2cc(N(c3ccc(C4CC5CCC4C5)cc3)c3ccc(C45CC6CC(CC(C6)C4)C5)cc3)ccc2-c2ccc3sc4ccccc4c3c21. The van der Waals surface area contributed by atoms with Crippen LogP contribution in [-0.2, 0) is 10.8 Å². The van der Waals surface area contributed by atoms with E-state index in [1.165, 1.54) is 124 Å². The lowest BCUT2D eigenvalue weighted by Crippen LogP contribution is -2.48. The highest BCUT2D eigenvalue weighted by Crippen LogP contribution is 2.61. The van der Waals surface area contributed by atoms with Crippen LogP contribution in [0.15, 0.2) is 103 Å². The van der Waals surface area contributed by atoms with Crippen molar-refractivity contribution in [3.05, 3.63) is 125 Å². The Morgan fingerprint density at radius 3 is 1.96 bits per heavy atom. The molecule has 1 nitrogen and oxygen atoms in total. The van der Waals surface area contributed by atoms with Gasteiger partial charge in [0.15, 0.2) is 0 Å². The van der Waals surface area contributed by atoms with E-state index >= 15 is 0 Å². The lowest BCUT2D eigenvalue weighted by Gasteiger charge is -2.57. The van der Waals surface area contributed by atoms with Crippen molar-refractivity contribution in [2.24, 2.45) is 29.6 Å². The van der Waals surface area contributed by atoms with Crippen molar-refractivity contribution in [2.45, 2.75) is 94.8 Å². The van der Waals surface area contributed by atoms with E-state index < -0.39 is 0 Å². The fraction of sp³-hybridized carbons (Fsp3) is 0.400. The molecule has 3 unspecified atom stereocenters. The van der Waals surface area contributed by atoms with Gasteiger partial charge in [0.05, 0.1) is 0 Å². The highest BCUT2D eigenvalue weighted by molar-refractivity contribution is 7.25. The lowest BCUT2D eigenvalue weighted by molar-refractivity contribution is -0.00518. The molecule has 0 saturated heterocycles. The Morgan fingerprint density at radius 1 is 0.596 bits per heavy atom. The van der Waals surface area contributed by atoms with Gasteiger partial charge in [0, 0.05) is 42.6 Å². The number of hydrogen-bond acceptors (Lipinski definition) is 2. The van der Waals surface area contributed by atoms with Crippen LogP contribution in [0.1, 0.15) is 106 Å². The maximum Gasteiger partial charge on any atom is 0.0465 e. The van der Waals surface area contributed by atoms with Gasteiger partial charge in [0.25, 0.3) is 0 Å². The second kappa shape index (κ2) is 10.8. The average molecular weight is 696 g/mol. The van der Waals surface area contributed by atoms with Gasteiger partial charge in [0.1, 0.15) is 0 Å². The molecule has 52 heavy (non-hydrogen) atoms. The summed E-state index contributed by atoms with van der Waals surface area (Å²) in [6.07, 6.45) is 14.5. The zero-order valence-corrected chi connectivity index (χ0v) is 31.5. The Labute approximate surface area is 313 Å². The van der Waals surface area contributed by atoms with Crippen LogP contribution < -0.4 is 4.90 Å². The maximum absolute atomic E-state index is 2.56. The quantitative estimate of drug-likeness (QED) is 0.174. The summed E-state index contributed by atoms with van der Waals surface area (Å²) in [6, 6.07) is 40.9. The van der Waals surface area contributed by atoms with Crippen LogP contribution in [0.25, 0.3) is 31.3 Å². The van der Waals surface area contributed by atoms with Gasteiger partial charge in [-0.05, 0) is 181 Å². The molecular weight excluding hydrogens is 647 g/mol. The van der Waals surface area contributed by atoms with Gasteiger partial charge >= 0.3 is 0 Å². The Bertz CT molecular complexity index is 2360. The maximum atomic E-state index is 2.56. The van der Waals surface area contributed by atoms with Crippen LogP contribution in [0.3, 0.4) is 0 Å². The molecule has 0 spiro atoms. The molecule has 0 N–H and O–H groups in total. The minimum Gasteiger partial charge on any atom is -0.310 e. The first-order valence-corrected chi connectivity index (χ1v) is 21.3. The lowest BCUT2D eigenvalue weighted by atomic mass is 9.48. The van der Waals surface area contributed by atoms with Gasteiger partial charge in [-0.1, -0.05) is 74.9 Å². The zero-order chi connectivity index (χ0) is 34.3. The Hall–Kier alpha value is -3.88.